The third-order valence-electron chi connectivity index (χ3n) is 7.21. The maximum Gasteiger partial charge on any atom is 0.335 e. The van der Waals surface area contributed by atoms with Gasteiger partial charge in [-0.25, -0.2) is 23.5 Å². The van der Waals surface area contributed by atoms with E-state index < -0.39 is 17.6 Å². The Morgan fingerprint density at radius 1 is 1.02 bits per heavy atom. The van der Waals surface area contributed by atoms with Crippen molar-refractivity contribution in [2.45, 2.75) is 26.5 Å². The third-order valence-corrected chi connectivity index (χ3v) is 7.21. The molecule has 0 radical (unpaired) electrons. The van der Waals surface area contributed by atoms with E-state index in [-0.39, 0.29) is 42.1 Å². The largest absolute Gasteiger partial charge is 0.478 e. The standard InChI is InChI=1S/C33H23F2N5O4/c1-19-17-44-39-29(19)16-40-30-13-23(33(41)42)9-10-28(30)37-31(40)14-21-7-8-22(12-26(21)35)27-3-2-4-32(38-27)43-18-24-6-5-20(15-36)11-25(24)34/h2-13,17H,14,16,18H2,1H3,(H,41,42). The van der Waals surface area contributed by atoms with E-state index in [1.807, 2.05) is 17.6 Å². The van der Waals surface area contributed by atoms with E-state index >= 15 is 4.39 Å². The SMILES string of the molecule is Cc1conc1Cn1c(Cc2ccc(-c3cccc(OCc4ccc(C#N)cc4F)n3)cc2F)nc2ccc(C(=O)O)cc21. The van der Waals surface area contributed by atoms with Gasteiger partial charge in [-0.1, -0.05) is 29.4 Å². The van der Waals surface area contributed by atoms with E-state index in [0.717, 1.165) is 11.6 Å². The summed E-state index contributed by atoms with van der Waals surface area (Å²) < 4.78 is 42.3. The van der Waals surface area contributed by atoms with Crippen molar-refractivity contribution in [2.24, 2.45) is 0 Å². The zero-order valence-corrected chi connectivity index (χ0v) is 23.3. The van der Waals surface area contributed by atoms with Crippen LogP contribution in [0.2, 0.25) is 0 Å². The van der Waals surface area contributed by atoms with Crippen molar-refractivity contribution < 1.29 is 27.9 Å². The molecule has 9 nitrogen and oxygen atoms in total. The Kier molecular flexibility index (Phi) is 7.56. The predicted molar refractivity (Wildman–Crippen MR) is 155 cm³/mol. The smallest absolute Gasteiger partial charge is 0.335 e. The van der Waals surface area contributed by atoms with Gasteiger partial charge in [0.05, 0.1) is 40.5 Å². The number of carboxylic acids is 1. The minimum Gasteiger partial charge on any atom is -0.478 e. The fraction of sp³-hybridized carbons (Fsp3) is 0.121. The van der Waals surface area contributed by atoms with Crippen molar-refractivity contribution in [1.29, 1.82) is 5.26 Å². The molecule has 218 valence electrons. The van der Waals surface area contributed by atoms with Gasteiger partial charge < -0.3 is 18.9 Å². The molecule has 0 saturated carbocycles. The minimum atomic E-state index is -1.06. The molecule has 0 fully saturated rings. The number of carboxylic acid groups (broad SMARTS) is 1. The normalized spacial score (nSPS) is 11.0. The van der Waals surface area contributed by atoms with E-state index in [2.05, 4.69) is 15.1 Å². The summed E-state index contributed by atoms with van der Waals surface area (Å²) in [5.41, 5.74) is 4.58. The summed E-state index contributed by atoms with van der Waals surface area (Å²) >= 11 is 0. The van der Waals surface area contributed by atoms with Crippen LogP contribution in [-0.4, -0.2) is 30.8 Å². The second-order valence-corrected chi connectivity index (χ2v) is 10.1. The molecule has 0 amide bonds. The number of aromatic nitrogens is 4. The Morgan fingerprint density at radius 2 is 1.84 bits per heavy atom. The highest BCUT2D eigenvalue weighted by Gasteiger charge is 2.18. The molecule has 0 unspecified atom stereocenters. The second kappa shape index (κ2) is 11.8. The number of rotatable bonds is 9. The van der Waals surface area contributed by atoms with E-state index in [0.29, 0.717) is 39.4 Å². The average molecular weight is 592 g/mol. The molecule has 3 aromatic heterocycles. The first-order valence-corrected chi connectivity index (χ1v) is 13.5. The molecular weight excluding hydrogens is 568 g/mol. The van der Waals surface area contributed by atoms with Gasteiger partial charge in [-0.05, 0) is 55.0 Å². The van der Waals surface area contributed by atoms with Gasteiger partial charge in [0.1, 0.15) is 36.0 Å². The van der Waals surface area contributed by atoms with Gasteiger partial charge in [0, 0.05) is 29.2 Å². The number of imidazole rings is 1. The number of nitriles is 1. The fourth-order valence-corrected chi connectivity index (χ4v) is 4.79. The molecule has 1 N–H and O–H groups in total. The lowest BCUT2D eigenvalue weighted by atomic mass is 10.1. The molecule has 0 atom stereocenters. The van der Waals surface area contributed by atoms with Crippen LogP contribution in [0, 0.1) is 29.9 Å². The average Bonchev–Trinajstić information content (AvgIpc) is 3.59. The number of benzene rings is 3. The van der Waals surface area contributed by atoms with Crippen LogP contribution < -0.4 is 4.74 Å². The fourth-order valence-electron chi connectivity index (χ4n) is 4.79. The van der Waals surface area contributed by atoms with Crippen molar-refractivity contribution in [3.8, 4) is 23.2 Å². The molecule has 6 rings (SSSR count). The Bertz CT molecular complexity index is 2080. The highest BCUT2D eigenvalue weighted by Crippen LogP contribution is 2.27. The van der Waals surface area contributed by atoms with E-state index in [1.54, 1.807) is 42.5 Å². The molecule has 0 aliphatic heterocycles. The zero-order valence-electron chi connectivity index (χ0n) is 23.3. The van der Waals surface area contributed by atoms with Gasteiger partial charge >= 0.3 is 5.97 Å². The van der Waals surface area contributed by atoms with Crippen LogP contribution in [0.1, 0.15) is 44.1 Å². The molecule has 0 aliphatic carbocycles. The number of aryl methyl sites for hydroxylation is 1. The van der Waals surface area contributed by atoms with Crippen molar-refractivity contribution in [3.63, 3.8) is 0 Å². The molecule has 3 aromatic carbocycles. The molecule has 3 heterocycles. The van der Waals surface area contributed by atoms with Crippen molar-refractivity contribution in [3.05, 3.63) is 130 Å². The Balaban J connectivity index is 1.26. The first kappa shape index (κ1) is 28.2. The van der Waals surface area contributed by atoms with Crippen LogP contribution in [0.3, 0.4) is 0 Å². The van der Waals surface area contributed by atoms with E-state index in [9.17, 15) is 14.3 Å². The molecule has 6 aromatic rings. The summed E-state index contributed by atoms with van der Waals surface area (Å²) in [4.78, 5) is 20.8. The van der Waals surface area contributed by atoms with Gasteiger partial charge in [-0.3, -0.25) is 0 Å². The monoisotopic (exact) mass is 591 g/mol. The van der Waals surface area contributed by atoms with Crippen molar-refractivity contribution >= 4 is 17.0 Å². The highest BCUT2D eigenvalue weighted by atomic mass is 19.1. The number of nitrogens with zero attached hydrogens (tertiary/aromatic N) is 5. The van der Waals surface area contributed by atoms with Crippen LogP contribution >= 0.6 is 0 Å². The van der Waals surface area contributed by atoms with Gasteiger partial charge in [0.15, 0.2) is 0 Å². The molecule has 0 aliphatic rings. The van der Waals surface area contributed by atoms with Crippen molar-refractivity contribution in [1.82, 2.24) is 19.7 Å². The molecule has 0 saturated heterocycles. The highest BCUT2D eigenvalue weighted by molar-refractivity contribution is 5.92. The number of carbonyl (C=O) groups is 1. The maximum absolute atomic E-state index is 15.5. The predicted octanol–water partition coefficient (Wildman–Crippen LogP) is 6.46. The van der Waals surface area contributed by atoms with Gasteiger partial charge in [0.2, 0.25) is 5.88 Å². The van der Waals surface area contributed by atoms with Crippen LogP contribution in [-0.2, 0) is 19.6 Å². The lowest BCUT2D eigenvalue weighted by Gasteiger charge is -2.11. The maximum atomic E-state index is 15.5. The molecule has 0 spiro atoms. The van der Waals surface area contributed by atoms with Crippen molar-refractivity contribution in [2.75, 3.05) is 0 Å². The van der Waals surface area contributed by atoms with Gasteiger partial charge in [-0.2, -0.15) is 5.26 Å². The minimum absolute atomic E-state index is 0.0931. The van der Waals surface area contributed by atoms with Crippen LogP contribution in [0.15, 0.2) is 83.6 Å². The van der Waals surface area contributed by atoms with Crippen LogP contribution in [0.25, 0.3) is 22.3 Å². The summed E-state index contributed by atoms with van der Waals surface area (Å²) in [6.45, 7) is 2.02. The van der Waals surface area contributed by atoms with E-state index in [4.69, 9.17) is 14.5 Å². The Hall–Kier alpha value is -5.89. The summed E-state index contributed by atoms with van der Waals surface area (Å²) in [5, 5.41) is 22.5. The topological polar surface area (TPSA) is 127 Å². The third kappa shape index (κ3) is 5.73. The lowest BCUT2D eigenvalue weighted by molar-refractivity contribution is 0.0697. The molecule has 0 bridgehead atoms. The quantitative estimate of drug-likeness (QED) is 0.203. The number of fused-ring (bicyclic) bond motifs is 1. The molecule has 11 heteroatoms. The first-order valence-electron chi connectivity index (χ1n) is 13.5. The molecular formula is C33H23F2N5O4. The number of aromatic carboxylic acids is 1. The number of hydrogen-bond donors (Lipinski definition) is 1. The second-order valence-electron chi connectivity index (χ2n) is 10.1. The summed E-state index contributed by atoms with van der Waals surface area (Å²) in [6, 6.07) is 20.5. The molecule has 44 heavy (non-hydrogen) atoms. The van der Waals surface area contributed by atoms with E-state index in [1.165, 1.54) is 30.5 Å². The summed E-state index contributed by atoms with van der Waals surface area (Å²) in [5.74, 6) is -1.33. The summed E-state index contributed by atoms with van der Waals surface area (Å²) in [7, 11) is 0. The zero-order chi connectivity index (χ0) is 30.8. The first-order chi connectivity index (χ1) is 21.3. The number of pyridine rings is 1. The Morgan fingerprint density at radius 3 is 2.57 bits per heavy atom. The number of halogens is 2. The lowest BCUT2D eigenvalue weighted by Crippen LogP contribution is -2.08. The van der Waals surface area contributed by atoms with Crippen LogP contribution in [0.5, 0.6) is 5.88 Å². The number of ether oxygens (including phenoxy) is 1. The number of hydrogen-bond acceptors (Lipinski definition) is 7. The summed E-state index contributed by atoms with van der Waals surface area (Å²) in [6.07, 6.45) is 1.65. The Labute approximate surface area is 249 Å². The van der Waals surface area contributed by atoms with Gasteiger partial charge in [-0.15, -0.1) is 0 Å². The van der Waals surface area contributed by atoms with Gasteiger partial charge in [0.25, 0.3) is 0 Å². The van der Waals surface area contributed by atoms with Crippen LogP contribution in [0.4, 0.5) is 8.78 Å².